The molecule has 2 atom stereocenters. The first-order chi connectivity index (χ1) is 21.8. The number of ether oxygens (including phenoxy) is 1. The van der Waals surface area contributed by atoms with E-state index in [9.17, 15) is 4.79 Å². The summed E-state index contributed by atoms with van der Waals surface area (Å²) in [5, 5.41) is 5.75. The first kappa shape index (κ1) is 27.7. The Morgan fingerprint density at radius 2 is 1.64 bits per heavy atom. The molecule has 2 aliphatic heterocycles. The molecule has 6 aromatic rings. The minimum atomic E-state index is -0.534. The monoisotopic (exact) mass is 600 g/mol. The van der Waals surface area contributed by atoms with Crippen molar-refractivity contribution in [2.75, 3.05) is 13.1 Å². The predicted molar refractivity (Wildman–Crippen MR) is 175 cm³/mol. The van der Waals surface area contributed by atoms with Crippen LogP contribution in [0.2, 0.25) is 0 Å². The molecule has 8 rings (SSSR count). The van der Waals surface area contributed by atoms with Gasteiger partial charge in [-0.3, -0.25) is 4.90 Å². The molecule has 2 saturated heterocycles. The van der Waals surface area contributed by atoms with Crippen molar-refractivity contribution in [3.63, 3.8) is 0 Å². The van der Waals surface area contributed by atoms with Gasteiger partial charge in [-0.15, -0.1) is 0 Å². The van der Waals surface area contributed by atoms with Gasteiger partial charge >= 0.3 is 6.09 Å². The second kappa shape index (κ2) is 10.7. The predicted octanol–water partition coefficient (Wildman–Crippen LogP) is 7.21. The second-order valence-electron chi connectivity index (χ2n) is 13.2. The average molecular weight is 601 g/mol. The summed E-state index contributed by atoms with van der Waals surface area (Å²) in [7, 11) is 0. The van der Waals surface area contributed by atoms with Crippen LogP contribution in [0.4, 0.5) is 4.79 Å². The number of nitrogens with one attached hydrogen (secondary N) is 3. The van der Waals surface area contributed by atoms with Crippen LogP contribution in [0.3, 0.4) is 0 Å². The molecule has 2 aliphatic rings. The lowest BCUT2D eigenvalue weighted by Crippen LogP contribution is -2.36. The zero-order chi connectivity index (χ0) is 30.7. The summed E-state index contributed by atoms with van der Waals surface area (Å²) in [5.74, 6) is 1.72. The van der Waals surface area contributed by atoms with E-state index in [1.807, 2.05) is 26.8 Å². The van der Waals surface area contributed by atoms with Crippen LogP contribution in [0.5, 0.6) is 0 Å². The summed E-state index contributed by atoms with van der Waals surface area (Å²) in [6, 6.07) is 19.3. The molecule has 3 aromatic heterocycles. The van der Waals surface area contributed by atoms with Gasteiger partial charge < -0.3 is 20.0 Å². The molecule has 3 N–H and O–H groups in total. The largest absolute Gasteiger partial charge is 0.444 e. The molecule has 2 fully saturated rings. The topological polar surface area (TPSA) is 125 Å². The number of hydrogen-bond acceptors (Lipinski definition) is 7. The van der Waals surface area contributed by atoms with Crippen LogP contribution in [0.25, 0.3) is 55.5 Å². The van der Waals surface area contributed by atoms with Gasteiger partial charge in [0.2, 0.25) is 0 Å². The smallest absolute Gasteiger partial charge is 0.410 e. The third-order valence-electron chi connectivity index (χ3n) is 8.78. The van der Waals surface area contributed by atoms with E-state index in [1.165, 1.54) is 0 Å². The number of imidazole rings is 2. The van der Waals surface area contributed by atoms with Crippen molar-refractivity contribution in [2.45, 2.75) is 64.1 Å². The van der Waals surface area contributed by atoms with Crippen molar-refractivity contribution in [3.8, 4) is 22.4 Å². The maximum absolute atomic E-state index is 12.9. The lowest BCUT2D eigenvalue weighted by atomic mass is 9.99. The Balaban J connectivity index is 1.04. The van der Waals surface area contributed by atoms with Crippen LogP contribution in [0, 0.1) is 0 Å². The normalized spacial score (nSPS) is 18.9. The number of amides is 1. The zero-order valence-electron chi connectivity index (χ0n) is 25.7. The van der Waals surface area contributed by atoms with Crippen molar-refractivity contribution in [3.05, 3.63) is 72.4 Å². The van der Waals surface area contributed by atoms with E-state index in [-0.39, 0.29) is 18.2 Å². The number of hydrogen-bond donors (Lipinski definition) is 3. The van der Waals surface area contributed by atoms with E-state index in [1.54, 1.807) is 11.1 Å². The van der Waals surface area contributed by atoms with E-state index >= 15 is 0 Å². The quantitative estimate of drug-likeness (QED) is 0.195. The molecule has 0 bridgehead atoms. The average Bonchev–Trinajstić information content (AvgIpc) is 3.84. The Morgan fingerprint density at radius 3 is 2.44 bits per heavy atom. The number of fused-ring (bicyclic) bond motifs is 3. The fourth-order valence-electron chi connectivity index (χ4n) is 6.58. The lowest BCUT2D eigenvalue weighted by Gasteiger charge is -2.27. The van der Waals surface area contributed by atoms with Crippen molar-refractivity contribution in [2.24, 2.45) is 0 Å². The van der Waals surface area contributed by atoms with Gasteiger partial charge in [0, 0.05) is 12.1 Å². The summed E-state index contributed by atoms with van der Waals surface area (Å²) in [6.07, 6.45) is 5.53. The molecule has 228 valence electrons. The van der Waals surface area contributed by atoms with Gasteiger partial charge in [0.25, 0.3) is 0 Å². The first-order valence-corrected chi connectivity index (χ1v) is 15.8. The highest BCUT2D eigenvalue weighted by molar-refractivity contribution is 5.92. The van der Waals surface area contributed by atoms with E-state index in [0.717, 1.165) is 93.7 Å². The fraction of sp³-hybridized carbons (Fsp3) is 0.343. The van der Waals surface area contributed by atoms with E-state index < -0.39 is 5.60 Å². The van der Waals surface area contributed by atoms with Crippen LogP contribution in [-0.4, -0.2) is 59.6 Å². The second-order valence-corrected chi connectivity index (χ2v) is 13.2. The van der Waals surface area contributed by atoms with Gasteiger partial charge in [-0.25, -0.2) is 24.7 Å². The van der Waals surface area contributed by atoms with Gasteiger partial charge in [-0.1, -0.05) is 30.3 Å². The zero-order valence-corrected chi connectivity index (χ0v) is 25.7. The van der Waals surface area contributed by atoms with Gasteiger partial charge in [0.05, 0.1) is 35.0 Å². The third-order valence-corrected chi connectivity index (χ3v) is 8.78. The van der Waals surface area contributed by atoms with Crippen molar-refractivity contribution >= 4 is 39.2 Å². The molecule has 5 heterocycles. The number of likely N-dealkylation sites (tertiary alicyclic amines) is 1. The summed E-state index contributed by atoms with van der Waals surface area (Å²) < 4.78 is 5.66. The number of carbonyl (C=O) groups excluding carboxylic acids is 1. The maximum atomic E-state index is 12.9. The molecule has 0 spiro atoms. The van der Waals surface area contributed by atoms with Gasteiger partial charge in [-0.05, 0) is 99.2 Å². The Bertz CT molecular complexity index is 2070. The molecule has 10 nitrogen and oxygen atoms in total. The highest BCUT2D eigenvalue weighted by Gasteiger charge is 2.35. The summed E-state index contributed by atoms with van der Waals surface area (Å²) in [5.41, 5.74) is 6.72. The number of benzene rings is 3. The summed E-state index contributed by atoms with van der Waals surface area (Å²) in [4.78, 5) is 40.5. The van der Waals surface area contributed by atoms with E-state index in [4.69, 9.17) is 14.7 Å². The van der Waals surface area contributed by atoms with Crippen molar-refractivity contribution in [1.29, 1.82) is 0 Å². The van der Waals surface area contributed by atoms with Gasteiger partial charge in [0.15, 0.2) is 11.3 Å². The van der Waals surface area contributed by atoms with Crippen LogP contribution < -0.4 is 5.32 Å². The van der Waals surface area contributed by atoms with E-state index in [0.29, 0.717) is 12.2 Å². The SMILES string of the molecule is CC(C)(C)OC(=O)N1CCC[C@H]1c1nc2ccc(-c3ccc4cc(-c5cnc6nc([C@@H]7CCCN7)[nH]c6n5)ccc4c3)cc2[nH]1. The number of carbonyl (C=O) groups is 1. The Labute approximate surface area is 260 Å². The Hall–Kier alpha value is -4.83. The molecule has 0 radical (unpaired) electrons. The lowest BCUT2D eigenvalue weighted by molar-refractivity contribution is 0.0219. The van der Waals surface area contributed by atoms with Crippen molar-refractivity contribution < 1.29 is 9.53 Å². The minimum absolute atomic E-state index is 0.115. The van der Waals surface area contributed by atoms with Crippen LogP contribution in [0.1, 0.15) is 70.2 Å². The highest BCUT2D eigenvalue weighted by Crippen LogP contribution is 2.34. The van der Waals surface area contributed by atoms with Crippen molar-refractivity contribution in [1.82, 2.24) is 40.1 Å². The molecule has 0 unspecified atom stereocenters. The third kappa shape index (κ3) is 5.29. The summed E-state index contributed by atoms with van der Waals surface area (Å²) >= 11 is 0. The first-order valence-electron chi connectivity index (χ1n) is 15.8. The maximum Gasteiger partial charge on any atom is 0.410 e. The Morgan fingerprint density at radius 1 is 0.867 bits per heavy atom. The Kier molecular flexibility index (Phi) is 6.56. The molecule has 10 heteroatoms. The molecule has 0 saturated carbocycles. The number of aromatic amines is 2. The highest BCUT2D eigenvalue weighted by atomic mass is 16.6. The van der Waals surface area contributed by atoms with Crippen LogP contribution in [-0.2, 0) is 4.74 Å². The molecule has 45 heavy (non-hydrogen) atoms. The van der Waals surface area contributed by atoms with Crippen LogP contribution >= 0.6 is 0 Å². The number of rotatable bonds is 4. The molecule has 3 aromatic carbocycles. The number of H-pyrrole nitrogens is 2. The standard InChI is InChI=1S/C35H36N8O2/c1-35(2,3)45-34(44)43-15-5-7-29(43)31-38-25-13-12-23(18-27(25)39-31)21-8-9-22-17-24(11-10-20(22)16-21)28-19-37-32-33(40-28)42-30(41-32)26-6-4-14-36-26/h8-13,16-19,26,29,36H,4-7,14-15H2,1-3H3,(H,38,39)(H,37,40,41,42)/t26-,29-/m0/s1. The number of nitrogens with zero attached hydrogens (tertiary/aromatic N) is 5. The number of aromatic nitrogens is 6. The van der Waals surface area contributed by atoms with Gasteiger partial charge in [0.1, 0.15) is 17.2 Å². The van der Waals surface area contributed by atoms with E-state index in [2.05, 4.69) is 73.8 Å². The summed E-state index contributed by atoms with van der Waals surface area (Å²) in [6.45, 7) is 7.37. The van der Waals surface area contributed by atoms with Gasteiger partial charge in [-0.2, -0.15) is 0 Å². The minimum Gasteiger partial charge on any atom is -0.444 e. The molecule has 0 aliphatic carbocycles. The molecular formula is C35H36N8O2. The molecular weight excluding hydrogens is 564 g/mol. The fourth-order valence-corrected chi connectivity index (χ4v) is 6.58. The molecule has 1 amide bonds. The van der Waals surface area contributed by atoms with Crippen LogP contribution in [0.15, 0.2) is 60.8 Å².